The minimum Gasteiger partial charge on any atom is -0.135 e. The number of benzene rings is 10. The van der Waals surface area contributed by atoms with Gasteiger partial charge in [-0.1, -0.05) is 164 Å². The van der Waals surface area contributed by atoms with Crippen LogP contribution in [0.4, 0.5) is 0 Å². The van der Waals surface area contributed by atoms with Crippen molar-refractivity contribution in [2.75, 3.05) is 0 Å². The summed E-state index contributed by atoms with van der Waals surface area (Å²) in [5.41, 5.74) is 7.64. The quantitative estimate of drug-likeness (QED) is 0.126. The normalized spacial score (nSPS) is 12.1. The van der Waals surface area contributed by atoms with Crippen molar-refractivity contribution in [2.24, 2.45) is 0 Å². The molecule has 250 valence electrons. The lowest BCUT2D eigenvalue weighted by Gasteiger charge is -2.17. The lowest BCUT2D eigenvalue weighted by atomic mass is 9.86. The average Bonchev–Trinajstić information content (AvgIpc) is 3.81. The molecule has 0 atom stereocenters. The summed E-state index contributed by atoms with van der Waals surface area (Å²) in [6.07, 6.45) is 0. The molecule has 12 aromatic rings. The molecule has 0 fully saturated rings. The Morgan fingerprint density at radius 3 is 1.24 bits per heavy atom. The number of fused-ring (bicyclic) bond motifs is 13. The van der Waals surface area contributed by atoms with Crippen molar-refractivity contribution in [1.29, 1.82) is 0 Å². The van der Waals surface area contributed by atoms with E-state index < -0.39 is 0 Å². The van der Waals surface area contributed by atoms with E-state index >= 15 is 0 Å². The Balaban J connectivity index is 1.01. The van der Waals surface area contributed by atoms with E-state index in [4.69, 9.17) is 0 Å². The molecule has 0 aliphatic carbocycles. The Kier molecular flexibility index (Phi) is 6.48. The predicted octanol–water partition coefficient (Wildman–Crippen LogP) is 16.0. The van der Waals surface area contributed by atoms with Crippen molar-refractivity contribution >= 4 is 106 Å². The van der Waals surface area contributed by atoms with E-state index in [1.54, 1.807) is 0 Å². The van der Waals surface area contributed by atoms with E-state index in [9.17, 15) is 0 Å². The second-order valence-corrected chi connectivity index (χ2v) is 16.5. The third-order valence-electron chi connectivity index (χ3n) is 11.4. The Bertz CT molecular complexity index is 3430. The van der Waals surface area contributed by atoms with Crippen molar-refractivity contribution in [1.82, 2.24) is 0 Å². The van der Waals surface area contributed by atoms with Crippen LogP contribution in [0.15, 0.2) is 182 Å². The maximum atomic E-state index is 2.42. The molecule has 0 radical (unpaired) electrons. The Labute approximate surface area is 319 Å². The zero-order valence-corrected chi connectivity index (χ0v) is 30.8. The second-order valence-electron chi connectivity index (χ2n) is 14.3. The maximum absolute atomic E-state index is 2.42. The van der Waals surface area contributed by atoms with Crippen LogP contribution in [0.25, 0.3) is 117 Å². The van der Waals surface area contributed by atoms with Gasteiger partial charge < -0.3 is 0 Å². The van der Waals surface area contributed by atoms with Gasteiger partial charge in [-0.15, -0.1) is 22.7 Å². The summed E-state index contributed by atoms with van der Waals surface area (Å²) in [5, 5.41) is 15.8. The Hall–Kier alpha value is -6.32. The summed E-state index contributed by atoms with van der Waals surface area (Å²) in [4.78, 5) is 0. The average molecular weight is 719 g/mol. The van der Waals surface area contributed by atoms with Crippen molar-refractivity contribution in [3.8, 4) is 33.4 Å². The van der Waals surface area contributed by atoms with Gasteiger partial charge in [-0.25, -0.2) is 0 Å². The standard InChI is InChI=1S/C52H30S2/c1-2-12-31(13-3-1)49-40-17-7-9-19-42(40)50(43-20-10-8-18-41(43)49)34-24-26-38-37-25-22-32(28-46(37)53-47(38)30-34)33-23-27-45-48(29-33)54-52-44-21-11-5-15-36(44)35-14-4-6-16-39(35)51(45)52/h1-30H. The van der Waals surface area contributed by atoms with Gasteiger partial charge in [-0.3, -0.25) is 0 Å². The first-order chi connectivity index (χ1) is 26.8. The SMILES string of the molecule is c1ccc(-c2c3ccccc3c(-c3ccc4c(c3)sc3cc(-c5ccc6c(c5)sc5c7ccccc7c7ccccc7c65)ccc34)c3ccccc23)cc1. The molecule has 0 unspecified atom stereocenters. The van der Waals surface area contributed by atoms with Crippen molar-refractivity contribution in [3.63, 3.8) is 0 Å². The largest absolute Gasteiger partial charge is 0.135 e. The maximum Gasteiger partial charge on any atom is 0.0440 e. The molecular weight excluding hydrogens is 689 g/mol. The number of thiophene rings is 2. The van der Waals surface area contributed by atoms with Crippen LogP contribution in [0.1, 0.15) is 0 Å². The van der Waals surface area contributed by atoms with Crippen LogP contribution in [0, 0.1) is 0 Å². The van der Waals surface area contributed by atoms with Crippen LogP contribution in [0.5, 0.6) is 0 Å². The molecule has 2 aromatic heterocycles. The summed E-state index contributed by atoms with van der Waals surface area (Å²) < 4.78 is 5.35. The molecule has 0 N–H and O–H groups in total. The smallest absolute Gasteiger partial charge is 0.0440 e. The van der Waals surface area contributed by atoms with Gasteiger partial charge in [0.2, 0.25) is 0 Å². The van der Waals surface area contributed by atoms with E-state index in [1.165, 1.54) is 117 Å². The van der Waals surface area contributed by atoms with Crippen molar-refractivity contribution < 1.29 is 0 Å². The molecule has 0 saturated carbocycles. The van der Waals surface area contributed by atoms with Crippen LogP contribution in [0.2, 0.25) is 0 Å². The van der Waals surface area contributed by atoms with E-state index in [0.717, 1.165) is 0 Å². The first kappa shape index (κ1) is 30.2. The first-order valence-corrected chi connectivity index (χ1v) is 20.1. The highest BCUT2D eigenvalue weighted by molar-refractivity contribution is 7.27. The molecule has 2 heteroatoms. The number of hydrogen-bond donors (Lipinski definition) is 0. The van der Waals surface area contributed by atoms with Crippen LogP contribution >= 0.6 is 22.7 Å². The van der Waals surface area contributed by atoms with Gasteiger partial charge in [0.25, 0.3) is 0 Å². The molecule has 54 heavy (non-hydrogen) atoms. The topological polar surface area (TPSA) is 0 Å². The van der Waals surface area contributed by atoms with Crippen LogP contribution < -0.4 is 0 Å². The molecule has 12 rings (SSSR count). The molecule has 0 spiro atoms. The zero-order valence-electron chi connectivity index (χ0n) is 29.1. The number of hydrogen-bond acceptors (Lipinski definition) is 2. The zero-order chi connectivity index (χ0) is 35.3. The van der Waals surface area contributed by atoms with Gasteiger partial charge in [0.1, 0.15) is 0 Å². The summed E-state index contributed by atoms with van der Waals surface area (Å²) in [6.45, 7) is 0. The molecule has 0 bridgehead atoms. The fourth-order valence-corrected chi connectivity index (χ4v) is 11.5. The highest BCUT2D eigenvalue weighted by Gasteiger charge is 2.18. The second kappa shape index (κ2) is 11.6. The minimum absolute atomic E-state index is 1.25. The van der Waals surface area contributed by atoms with Crippen LogP contribution in [-0.2, 0) is 0 Å². The molecule has 10 aromatic carbocycles. The minimum atomic E-state index is 1.25. The molecule has 0 aliphatic heterocycles. The van der Waals surface area contributed by atoms with E-state index in [1.807, 2.05) is 22.7 Å². The van der Waals surface area contributed by atoms with E-state index in [2.05, 4.69) is 182 Å². The summed E-state index contributed by atoms with van der Waals surface area (Å²) in [6, 6.07) is 67.7. The summed E-state index contributed by atoms with van der Waals surface area (Å²) in [5.74, 6) is 0. The van der Waals surface area contributed by atoms with E-state index in [-0.39, 0.29) is 0 Å². The molecular formula is C52H30S2. The number of rotatable bonds is 3. The lowest BCUT2D eigenvalue weighted by Crippen LogP contribution is -1.90. The van der Waals surface area contributed by atoms with Gasteiger partial charge in [-0.2, -0.15) is 0 Å². The lowest BCUT2D eigenvalue weighted by molar-refractivity contribution is 1.66. The van der Waals surface area contributed by atoms with Gasteiger partial charge in [0.15, 0.2) is 0 Å². The molecule has 2 heterocycles. The highest BCUT2D eigenvalue weighted by atomic mass is 32.1. The van der Waals surface area contributed by atoms with Gasteiger partial charge in [0, 0.05) is 45.7 Å². The Morgan fingerprint density at radius 1 is 0.241 bits per heavy atom. The van der Waals surface area contributed by atoms with Gasteiger partial charge >= 0.3 is 0 Å². The molecule has 0 saturated heterocycles. The molecule has 0 aliphatic rings. The van der Waals surface area contributed by atoms with Crippen molar-refractivity contribution in [3.05, 3.63) is 182 Å². The molecule has 0 amide bonds. The highest BCUT2D eigenvalue weighted by Crippen LogP contribution is 2.47. The fourth-order valence-electron chi connectivity index (χ4n) is 9.05. The third kappa shape index (κ3) is 4.36. The predicted molar refractivity (Wildman–Crippen MR) is 239 cm³/mol. The van der Waals surface area contributed by atoms with Crippen LogP contribution in [-0.4, -0.2) is 0 Å². The van der Waals surface area contributed by atoms with Gasteiger partial charge in [-0.05, 0) is 89.3 Å². The summed E-state index contributed by atoms with van der Waals surface area (Å²) >= 11 is 3.83. The Morgan fingerprint density at radius 2 is 0.648 bits per heavy atom. The summed E-state index contributed by atoms with van der Waals surface area (Å²) in [7, 11) is 0. The van der Waals surface area contributed by atoms with Crippen molar-refractivity contribution in [2.45, 2.75) is 0 Å². The van der Waals surface area contributed by atoms with Gasteiger partial charge in [0.05, 0.1) is 0 Å². The first-order valence-electron chi connectivity index (χ1n) is 18.5. The third-order valence-corrected chi connectivity index (χ3v) is 13.7. The fraction of sp³-hybridized carbons (Fsp3) is 0. The van der Waals surface area contributed by atoms with E-state index in [0.29, 0.717) is 0 Å². The molecule has 0 nitrogen and oxygen atoms in total. The monoisotopic (exact) mass is 718 g/mol. The van der Waals surface area contributed by atoms with Crippen LogP contribution in [0.3, 0.4) is 0 Å².